The van der Waals surface area contributed by atoms with Gasteiger partial charge in [0.15, 0.2) is 0 Å². The Labute approximate surface area is 120 Å². The zero-order valence-electron chi connectivity index (χ0n) is 12.2. The average molecular weight is 274 g/mol. The van der Waals surface area contributed by atoms with Crippen LogP contribution in [0.25, 0.3) is 0 Å². The first kappa shape index (κ1) is 14.4. The lowest BCUT2D eigenvalue weighted by Crippen LogP contribution is -2.27. The molecule has 0 aromatic heterocycles. The molecule has 1 saturated heterocycles. The predicted molar refractivity (Wildman–Crippen MR) is 81.0 cm³/mol. The number of anilines is 1. The van der Waals surface area contributed by atoms with Crippen molar-refractivity contribution < 1.29 is 9.53 Å². The van der Waals surface area contributed by atoms with Crippen molar-refractivity contribution in [2.24, 2.45) is 0 Å². The molecule has 0 unspecified atom stereocenters. The summed E-state index contributed by atoms with van der Waals surface area (Å²) in [6, 6.07) is 7.47. The number of likely N-dealkylation sites (tertiary alicyclic amines) is 1. The summed E-state index contributed by atoms with van der Waals surface area (Å²) in [5.41, 5.74) is 0.860. The maximum absolute atomic E-state index is 12.1. The summed E-state index contributed by atoms with van der Waals surface area (Å²) in [5, 5.41) is 0. The molecular formula is C16H22N2O2. The Morgan fingerprint density at radius 1 is 1.20 bits per heavy atom. The molecular weight excluding hydrogens is 252 g/mol. The first-order chi connectivity index (χ1) is 9.70. The lowest BCUT2D eigenvalue weighted by atomic mass is 10.1. The van der Waals surface area contributed by atoms with Gasteiger partial charge in [0, 0.05) is 38.1 Å². The van der Waals surface area contributed by atoms with Gasteiger partial charge >= 0.3 is 0 Å². The molecule has 1 aromatic carbocycles. The molecule has 0 radical (unpaired) electrons. The molecule has 0 saturated carbocycles. The van der Waals surface area contributed by atoms with Crippen LogP contribution in [0.2, 0.25) is 0 Å². The highest BCUT2D eigenvalue weighted by Crippen LogP contribution is 2.18. The first-order valence-corrected chi connectivity index (χ1v) is 7.04. The maximum Gasteiger partial charge on any atom is 0.252 e. The Hall–Kier alpha value is -1.97. The summed E-state index contributed by atoms with van der Waals surface area (Å²) in [7, 11) is 3.41. The van der Waals surface area contributed by atoms with Crippen LogP contribution in [0.1, 0.15) is 19.3 Å². The van der Waals surface area contributed by atoms with Crippen LogP contribution < -0.4 is 9.64 Å². The van der Waals surface area contributed by atoms with E-state index < -0.39 is 0 Å². The van der Waals surface area contributed by atoms with Crippen molar-refractivity contribution in [1.82, 2.24) is 4.90 Å². The fraction of sp³-hybridized carbons (Fsp3) is 0.438. The number of rotatable bonds is 4. The summed E-state index contributed by atoms with van der Waals surface area (Å²) in [5.74, 6) is 0.777. The van der Waals surface area contributed by atoms with Crippen molar-refractivity contribution in [3.63, 3.8) is 0 Å². The molecule has 4 nitrogen and oxygen atoms in total. The van der Waals surface area contributed by atoms with Gasteiger partial charge in [-0.1, -0.05) is 0 Å². The van der Waals surface area contributed by atoms with E-state index in [-0.39, 0.29) is 5.91 Å². The van der Waals surface area contributed by atoms with Crippen molar-refractivity contribution in [3.05, 3.63) is 36.5 Å². The molecule has 0 bridgehead atoms. The number of nitrogens with zero attached hydrogens (tertiary/aromatic N) is 2. The molecule has 108 valence electrons. The molecule has 0 spiro atoms. The van der Waals surface area contributed by atoms with Gasteiger partial charge in [-0.05, 0) is 43.5 Å². The van der Waals surface area contributed by atoms with Gasteiger partial charge in [-0.3, -0.25) is 4.79 Å². The SMILES string of the molecule is COc1ccc(N(C)C(=O)/C=C/N2CCCCC2)cc1. The lowest BCUT2D eigenvalue weighted by Gasteiger charge is -2.25. The van der Waals surface area contributed by atoms with E-state index in [1.54, 1.807) is 25.1 Å². The predicted octanol–water partition coefficient (Wildman–Crippen LogP) is 2.66. The molecule has 1 aromatic rings. The summed E-state index contributed by atoms with van der Waals surface area (Å²) in [6.07, 6.45) is 7.29. The topological polar surface area (TPSA) is 32.8 Å². The van der Waals surface area contributed by atoms with Crippen LogP contribution in [0.5, 0.6) is 5.75 Å². The van der Waals surface area contributed by atoms with E-state index in [0.717, 1.165) is 24.5 Å². The number of hydrogen-bond acceptors (Lipinski definition) is 3. The lowest BCUT2D eigenvalue weighted by molar-refractivity contribution is -0.114. The molecule has 4 heteroatoms. The minimum atomic E-state index is -0.0132. The first-order valence-electron chi connectivity index (χ1n) is 7.04. The van der Waals surface area contributed by atoms with Crippen molar-refractivity contribution in [3.8, 4) is 5.75 Å². The molecule has 20 heavy (non-hydrogen) atoms. The third-order valence-corrected chi connectivity index (χ3v) is 3.61. The molecule has 1 amide bonds. The molecule has 1 heterocycles. The van der Waals surface area contributed by atoms with Gasteiger partial charge in [-0.15, -0.1) is 0 Å². The fourth-order valence-corrected chi connectivity index (χ4v) is 2.28. The maximum atomic E-state index is 12.1. The average Bonchev–Trinajstić information content (AvgIpc) is 2.53. The number of carbonyl (C=O) groups is 1. The molecule has 2 rings (SSSR count). The summed E-state index contributed by atoms with van der Waals surface area (Å²) < 4.78 is 5.11. The van der Waals surface area contributed by atoms with Crippen LogP contribution >= 0.6 is 0 Å². The van der Waals surface area contributed by atoms with Gasteiger partial charge < -0.3 is 14.5 Å². The van der Waals surface area contributed by atoms with Crippen molar-refractivity contribution in [1.29, 1.82) is 0 Å². The minimum absolute atomic E-state index is 0.0132. The number of carbonyl (C=O) groups excluding carboxylic acids is 1. The van der Waals surface area contributed by atoms with Crippen molar-refractivity contribution in [2.45, 2.75) is 19.3 Å². The Morgan fingerprint density at radius 2 is 1.85 bits per heavy atom. The number of ether oxygens (including phenoxy) is 1. The van der Waals surface area contributed by atoms with Crippen LogP contribution in [-0.4, -0.2) is 38.1 Å². The Kier molecular flexibility index (Phi) is 5.04. The van der Waals surface area contributed by atoms with E-state index in [1.807, 2.05) is 30.5 Å². The van der Waals surface area contributed by atoms with E-state index in [4.69, 9.17) is 4.74 Å². The van der Waals surface area contributed by atoms with Crippen molar-refractivity contribution >= 4 is 11.6 Å². The highest BCUT2D eigenvalue weighted by Gasteiger charge is 2.09. The van der Waals surface area contributed by atoms with E-state index >= 15 is 0 Å². The standard InChI is InChI=1S/C16H22N2O2/c1-17(14-6-8-15(20-2)9-7-14)16(19)10-13-18-11-4-3-5-12-18/h6-10,13H,3-5,11-12H2,1-2H3/b13-10+. The van der Waals surface area contributed by atoms with Crippen LogP contribution in [0, 0.1) is 0 Å². The van der Waals surface area contributed by atoms with Gasteiger partial charge in [-0.25, -0.2) is 0 Å². The highest BCUT2D eigenvalue weighted by molar-refractivity contribution is 6.00. The normalized spacial score (nSPS) is 15.4. The fourth-order valence-electron chi connectivity index (χ4n) is 2.28. The number of likely N-dealkylation sites (N-methyl/N-ethyl adjacent to an activating group) is 1. The zero-order chi connectivity index (χ0) is 14.4. The number of piperidine rings is 1. The molecule has 0 N–H and O–H groups in total. The van der Waals surface area contributed by atoms with E-state index in [2.05, 4.69) is 4.90 Å². The smallest absolute Gasteiger partial charge is 0.252 e. The zero-order valence-corrected chi connectivity index (χ0v) is 12.2. The molecule has 0 aliphatic carbocycles. The Bertz CT molecular complexity index is 462. The highest BCUT2D eigenvalue weighted by atomic mass is 16.5. The van der Waals surface area contributed by atoms with Crippen LogP contribution in [0.4, 0.5) is 5.69 Å². The molecule has 0 atom stereocenters. The number of benzene rings is 1. The van der Waals surface area contributed by atoms with E-state index in [9.17, 15) is 4.79 Å². The Morgan fingerprint density at radius 3 is 2.45 bits per heavy atom. The molecule has 1 aliphatic rings. The molecule has 1 aliphatic heterocycles. The number of methoxy groups -OCH3 is 1. The van der Waals surface area contributed by atoms with E-state index in [0.29, 0.717) is 0 Å². The summed E-state index contributed by atoms with van der Waals surface area (Å²) >= 11 is 0. The molecule has 1 fully saturated rings. The van der Waals surface area contributed by atoms with Gasteiger partial charge in [0.1, 0.15) is 5.75 Å². The summed E-state index contributed by atoms with van der Waals surface area (Å²) in [4.78, 5) is 16.0. The monoisotopic (exact) mass is 274 g/mol. The largest absolute Gasteiger partial charge is 0.497 e. The quantitative estimate of drug-likeness (QED) is 0.791. The van der Waals surface area contributed by atoms with Gasteiger partial charge in [0.25, 0.3) is 5.91 Å². The second-order valence-corrected chi connectivity index (χ2v) is 5.01. The van der Waals surface area contributed by atoms with Crippen LogP contribution in [0.3, 0.4) is 0 Å². The second-order valence-electron chi connectivity index (χ2n) is 5.01. The van der Waals surface area contributed by atoms with Crippen LogP contribution in [-0.2, 0) is 4.79 Å². The van der Waals surface area contributed by atoms with Crippen molar-refractivity contribution in [2.75, 3.05) is 32.1 Å². The van der Waals surface area contributed by atoms with E-state index in [1.165, 1.54) is 19.3 Å². The van der Waals surface area contributed by atoms with Crippen LogP contribution in [0.15, 0.2) is 36.5 Å². The third kappa shape index (κ3) is 3.76. The van der Waals surface area contributed by atoms with Gasteiger partial charge in [0.2, 0.25) is 0 Å². The van der Waals surface area contributed by atoms with Gasteiger partial charge in [-0.2, -0.15) is 0 Å². The number of hydrogen-bond donors (Lipinski definition) is 0. The Balaban J connectivity index is 1.94. The third-order valence-electron chi connectivity index (χ3n) is 3.61. The minimum Gasteiger partial charge on any atom is -0.497 e. The summed E-state index contributed by atoms with van der Waals surface area (Å²) in [6.45, 7) is 2.10. The van der Waals surface area contributed by atoms with Gasteiger partial charge in [0.05, 0.1) is 7.11 Å². The number of amides is 1. The second kappa shape index (κ2) is 6.98.